The molecule has 1 amide bonds. The smallest absolute Gasteiger partial charge is 0.251 e. The van der Waals surface area contributed by atoms with Crippen LogP contribution >= 0.6 is 11.8 Å². The quantitative estimate of drug-likeness (QED) is 0.921. The number of carbonyl (C=O) groups is 2. The predicted octanol–water partition coefficient (Wildman–Crippen LogP) is 2.69. The zero-order valence-corrected chi connectivity index (χ0v) is 13.5. The van der Waals surface area contributed by atoms with E-state index in [9.17, 15) is 14.0 Å². The van der Waals surface area contributed by atoms with Gasteiger partial charge in [0.1, 0.15) is 5.82 Å². The highest BCUT2D eigenvalue weighted by Gasteiger charge is 2.33. The largest absolute Gasteiger partial charge is 0.361 e. The van der Waals surface area contributed by atoms with Crippen LogP contribution in [-0.4, -0.2) is 35.6 Å². The summed E-state index contributed by atoms with van der Waals surface area (Å²) in [7, 11) is 1.96. The number of carbonyl (C=O) groups excluding carboxylic acids is 2. The van der Waals surface area contributed by atoms with Crippen molar-refractivity contribution in [3.8, 4) is 0 Å². The Morgan fingerprint density at radius 2 is 2.13 bits per heavy atom. The molecule has 1 aliphatic heterocycles. The minimum absolute atomic E-state index is 0.139. The number of hydrogen-bond acceptors (Lipinski definition) is 4. The average Bonchev–Trinajstić information content (AvgIpc) is 2.86. The Balaban J connectivity index is 1.52. The van der Waals surface area contributed by atoms with Crippen molar-refractivity contribution in [1.82, 2.24) is 10.2 Å². The summed E-state index contributed by atoms with van der Waals surface area (Å²) >= 11 is 1.56. The Bertz CT molecular complexity index is 697. The van der Waals surface area contributed by atoms with Gasteiger partial charge in [-0.3, -0.25) is 9.59 Å². The van der Waals surface area contributed by atoms with Gasteiger partial charge in [-0.1, -0.05) is 17.8 Å². The van der Waals surface area contributed by atoms with Crippen LogP contribution in [0.5, 0.6) is 0 Å². The van der Waals surface area contributed by atoms with Crippen molar-refractivity contribution in [2.45, 2.75) is 18.2 Å². The predicted molar refractivity (Wildman–Crippen MR) is 88.3 cm³/mol. The van der Waals surface area contributed by atoms with Gasteiger partial charge in [-0.15, -0.1) is 0 Å². The fourth-order valence-corrected chi connectivity index (χ4v) is 3.95. The minimum Gasteiger partial charge on any atom is -0.361 e. The number of likely N-dealkylation sites (N-methyl/N-ethyl adjacent to an activating group) is 1. The summed E-state index contributed by atoms with van der Waals surface area (Å²) in [4.78, 5) is 26.8. The number of allylic oxidation sites excluding steroid dienone is 3. The van der Waals surface area contributed by atoms with Crippen LogP contribution in [0.3, 0.4) is 0 Å². The molecule has 1 aliphatic carbocycles. The van der Waals surface area contributed by atoms with Crippen molar-refractivity contribution < 1.29 is 14.0 Å². The molecule has 1 heterocycles. The molecular weight excluding hydrogens is 315 g/mol. The lowest BCUT2D eigenvalue weighted by Crippen LogP contribution is -2.30. The van der Waals surface area contributed by atoms with E-state index in [1.165, 1.54) is 24.3 Å². The van der Waals surface area contributed by atoms with Gasteiger partial charge in [0.15, 0.2) is 5.78 Å². The summed E-state index contributed by atoms with van der Waals surface area (Å²) in [5.74, 6) is -0.415. The molecule has 0 radical (unpaired) electrons. The third-order valence-corrected chi connectivity index (χ3v) is 5.41. The number of benzene rings is 1. The second kappa shape index (κ2) is 6.58. The van der Waals surface area contributed by atoms with E-state index in [0.717, 1.165) is 17.0 Å². The lowest BCUT2D eigenvalue weighted by Gasteiger charge is -2.23. The Morgan fingerprint density at radius 1 is 1.39 bits per heavy atom. The first-order chi connectivity index (χ1) is 11.1. The van der Waals surface area contributed by atoms with E-state index in [0.29, 0.717) is 18.5 Å². The molecule has 2 aliphatic rings. The molecule has 120 valence electrons. The van der Waals surface area contributed by atoms with Crippen LogP contribution in [0.25, 0.3) is 0 Å². The summed E-state index contributed by atoms with van der Waals surface area (Å²) in [6, 6.07) is 5.46. The van der Waals surface area contributed by atoms with Crippen molar-refractivity contribution in [3.63, 3.8) is 0 Å². The van der Waals surface area contributed by atoms with Crippen LogP contribution in [-0.2, 0) is 4.79 Å². The van der Waals surface area contributed by atoms with Crippen LogP contribution in [0.2, 0.25) is 0 Å². The molecule has 0 aromatic heterocycles. The van der Waals surface area contributed by atoms with Crippen molar-refractivity contribution in [2.24, 2.45) is 0 Å². The molecule has 1 aromatic carbocycles. The highest BCUT2D eigenvalue weighted by atomic mass is 32.2. The summed E-state index contributed by atoms with van der Waals surface area (Å²) in [5.41, 5.74) is 1.41. The van der Waals surface area contributed by atoms with Crippen LogP contribution in [0.1, 0.15) is 23.2 Å². The molecule has 0 saturated heterocycles. The third-order valence-electron chi connectivity index (χ3n) is 3.91. The Kier molecular flexibility index (Phi) is 4.52. The van der Waals surface area contributed by atoms with E-state index in [4.69, 9.17) is 0 Å². The first-order valence-electron chi connectivity index (χ1n) is 7.43. The molecule has 0 spiro atoms. The second-order valence-corrected chi connectivity index (χ2v) is 6.67. The zero-order chi connectivity index (χ0) is 16.4. The van der Waals surface area contributed by atoms with Crippen molar-refractivity contribution in [2.75, 3.05) is 13.6 Å². The van der Waals surface area contributed by atoms with Gasteiger partial charge in [0.25, 0.3) is 5.91 Å². The standard InChI is InChI=1S/C17H17FN2O2S/c1-20-13-3-2-4-14(21)16(13)23-15(20)9-10-19-17(22)11-5-7-12(18)8-6-11/h2-3,5-8,15H,4,9-10H2,1H3,(H,19,22). The monoisotopic (exact) mass is 332 g/mol. The zero-order valence-electron chi connectivity index (χ0n) is 12.7. The molecule has 6 heteroatoms. The summed E-state index contributed by atoms with van der Waals surface area (Å²) in [6.07, 6.45) is 5.06. The Hall–Kier alpha value is -2.08. The molecular formula is C17H17FN2O2S. The molecule has 3 rings (SSSR count). The van der Waals surface area contributed by atoms with Gasteiger partial charge >= 0.3 is 0 Å². The van der Waals surface area contributed by atoms with Crippen molar-refractivity contribution >= 4 is 23.5 Å². The van der Waals surface area contributed by atoms with Crippen LogP contribution < -0.4 is 5.32 Å². The fraction of sp³-hybridized carbons (Fsp3) is 0.294. The van der Waals surface area contributed by atoms with Crippen LogP contribution in [0.15, 0.2) is 47.0 Å². The van der Waals surface area contributed by atoms with Gasteiger partial charge in [0, 0.05) is 25.6 Å². The molecule has 0 fully saturated rings. The van der Waals surface area contributed by atoms with E-state index < -0.39 is 0 Å². The first kappa shape index (κ1) is 15.8. The SMILES string of the molecule is CN1C2=C(SC1CCNC(=O)c1ccc(F)cc1)C(=O)CC=C2. The van der Waals surface area contributed by atoms with Crippen molar-refractivity contribution in [1.29, 1.82) is 0 Å². The van der Waals surface area contributed by atoms with Gasteiger partial charge in [-0.2, -0.15) is 0 Å². The first-order valence-corrected chi connectivity index (χ1v) is 8.31. The van der Waals surface area contributed by atoms with Gasteiger partial charge in [-0.25, -0.2) is 4.39 Å². The number of hydrogen-bond donors (Lipinski definition) is 1. The number of Topliss-reactive ketones (excluding diaryl/α,β-unsaturated/α-hetero) is 1. The summed E-state index contributed by atoms with van der Waals surface area (Å²) < 4.78 is 12.8. The Morgan fingerprint density at radius 3 is 2.83 bits per heavy atom. The number of halogens is 1. The molecule has 1 atom stereocenters. The molecule has 23 heavy (non-hydrogen) atoms. The van der Waals surface area contributed by atoms with Gasteiger partial charge in [0.2, 0.25) is 0 Å². The van der Waals surface area contributed by atoms with Crippen LogP contribution in [0.4, 0.5) is 4.39 Å². The molecule has 1 aromatic rings. The molecule has 1 N–H and O–H groups in total. The minimum atomic E-state index is -0.361. The van der Waals surface area contributed by atoms with Gasteiger partial charge < -0.3 is 10.2 Å². The third kappa shape index (κ3) is 3.32. The molecule has 1 unspecified atom stereocenters. The van der Waals surface area contributed by atoms with E-state index in [2.05, 4.69) is 10.2 Å². The topological polar surface area (TPSA) is 49.4 Å². The number of nitrogens with zero attached hydrogens (tertiary/aromatic N) is 1. The summed E-state index contributed by atoms with van der Waals surface area (Å²) in [6.45, 7) is 0.497. The highest BCUT2D eigenvalue weighted by molar-refractivity contribution is 8.04. The maximum Gasteiger partial charge on any atom is 0.251 e. The van der Waals surface area contributed by atoms with Crippen molar-refractivity contribution in [3.05, 3.63) is 58.4 Å². The van der Waals surface area contributed by atoms with E-state index in [1.807, 2.05) is 19.2 Å². The second-order valence-electron chi connectivity index (χ2n) is 5.48. The molecule has 0 saturated carbocycles. The normalized spacial score (nSPS) is 20.0. The average molecular weight is 332 g/mol. The fourth-order valence-electron chi connectivity index (χ4n) is 2.63. The number of thioether (sulfide) groups is 1. The molecule has 4 nitrogen and oxygen atoms in total. The maximum atomic E-state index is 12.8. The lowest BCUT2D eigenvalue weighted by molar-refractivity contribution is -0.114. The van der Waals surface area contributed by atoms with E-state index in [1.54, 1.807) is 11.8 Å². The van der Waals surface area contributed by atoms with Crippen LogP contribution in [0, 0.1) is 5.82 Å². The summed E-state index contributed by atoms with van der Waals surface area (Å²) in [5, 5.41) is 2.97. The number of rotatable bonds is 4. The maximum absolute atomic E-state index is 12.8. The number of amides is 1. The van der Waals surface area contributed by atoms with Gasteiger partial charge in [-0.05, 0) is 36.8 Å². The lowest BCUT2D eigenvalue weighted by atomic mass is 10.1. The van der Waals surface area contributed by atoms with E-state index >= 15 is 0 Å². The molecule has 0 bridgehead atoms. The number of ketones is 1. The van der Waals surface area contributed by atoms with Gasteiger partial charge in [0.05, 0.1) is 16.0 Å². The Labute approximate surface area is 138 Å². The number of nitrogens with one attached hydrogen (secondary N) is 1. The highest BCUT2D eigenvalue weighted by Crippen LogP contribution is 2.41. The van der Waals surface area contributed by atoms with E-state index in [-0.39, 0.29) is 22.9 Å².